The van der Waals surface area contributed by atoms with Gasteiger partial charge in [-0.15, -0.1) is 0 Å². The van der Waals surface area contributed by atoms with Crippen LogP contribution in [-0.4, -0.2) is 34.9 Å². The summed E-state index contributed by atoms with van der Waals surface area (Å²) >= 11 is 0. The summed E-state index contributed by atoms with van der Waals surface area (Å²) in [6, 6.07) is 7.79. The van der Waals surface area contributed by atoms with Gasteiger partial charge in [0.2, 0.25) is 5.95 Å². The molecular weight excluding hydrogens is 380 g/mol. The molecule has 0 aliphatic heterocycles. The van der Waals surface area contributed by atoms with Crippen molar-refractivity contribution in [1.82, 2.24) is 15.3 Å². The van der Waals surface area contributed by atoms with Gasteiger partial charge >= 0.3 is 6.09 Å². The van der Waals surface area contributed by atoms with Crippen molar-refractivity contribution in [3.05, 3.63) is 53.0 Å². The Morgan fingerprint density at radius 2 is 2.03 bits per heavy atom. The maximum atomic E-state index is 11.9. The normalized spacial score (nSPS) is 12.5. The van der Waals surface area contributed by atoms with Crippen LogP contribution in [-0.2, 0) is 11.3 Å². The second-order valence-corrected chi connectivity index (χ2v) is 7.87. The second-order valence-electron chi connectivity index (χ2n) is 7.87. The minimum Gasteiger partial charge on any atom is -0.444 e. The first-order chi connectivity index (χ1) is 14.1. The third-order valence-electron chi connectivity index (χ3n) is 4.05. The van der Waals surface area contributed by atoms with E-state index in [-0.39, 0.29) is 0 Å². The van der Waals surface area contributed by atoms with Gasteiger partial charge in [-0.05, 0) is 57.9 Å². The molecule has 8 nitrogen and oxygen atoms in total. The first-order valence-corrected chi connectivity index (χ1v) is 9.64. The van der Waals surface area contributed by atoms with Crippen molar-refractivity contribution in [2.45, 2.75) is 46.8 Å². The monoisotopic (exact) mass is 410 g/mol. The maximum Gasteiger partial charge on any atom is 0.407 e. The molecule has 0 aliphatic rings. The predicted octanol–water partition coefficient (Wildman–Crippen LogP) is 3.78. The molecule has 1 aromatic carbocycles. The number of alkyl carbamates (subject to hydrolysis) is 1. The van der Waals surface area contributed by atoms with E-state index in [1.165, 1.54) is 0 Å². The molecule has 2 aromatic rings. The summed E-state index contributed by atoms with van der Waals surface area (Å²) in [6.45, 7) is 9.66. The number of carbonyl (C=O) groups excluding carboxylic acids is 1. The summed E-state index contributed by atoms with van der Waals surface area (Å²) < 4.78 is 5.28. The van der Waals surface area contributed by atoms with Crippen LogP contribution in [0.4, 0.5) is 10.7 Å². The van der Waals surface area contributed by atoms with Gasteiger partial charge in [0, 0.05) is 37.3 Å². The molecule has 0 atom stereocenters. The van der Waals surface area contributed by atoms with Crippen LogP contribution in [0.5, 0.6) is 0 Å². The van der Waals surface area contributed by atoms with Crippen molar-refractivity contribution in [2.24, 2.45) is 10.7 Å². The third-order valence-corrected chi connectivity index (χ3v) is 4.05. The molecule has 0 aliphatic carbocycles. The van der Waals surface area contributed by atoms with Crippen LogP contribution in [0.2, 0.25) is 0 Å². The number of nitrogens with two attached hydrogens (primary N) is 1. The van der Waals surface area contributed by atoms with Gasteiger partial charge in [-0.1, -0.05) is 12.1 Å². The van der Waals surface area contributed by atoms with Crippen molar-refractivity contribution in [3.8, 4) is 11.3 Å². The van der Waals surface area contributed by atoms with Crippen LogP contribution < -0.4 is 16.4 Å². The van der Waals surface area contributed by atoms with E-state index in [0.29, 0.717) is 23.9 Å². The van der Waals surface area contributed by atoms with E-state index in [9.17, 15) is 4.79 Å². The van der Waals surface area contributed by atoms with Crippen LogP contribution >= 0.6 is 0 Å². The highest BCUT2D eigenvalue weighted by Crippen LogP contribution is 2.22. The molecule has 0 saturated heterocycles. The molecule has 160 valence electrons. The van der Waals surface area contributed by atoms with E-state index in [2.05, 4.69) is 25.6 Å². The van der Waals surface area contributed by atoms with Gasteiger partial charge < -0.3 is 21.1 Å². The van der Waals surface area contributed by atoms with Crippen LogP contribution in [0, 0.1) is 6.92 Å². The number of aromatic nitrogens is 2. The fourth-order valence-corrected chi connectivity index (χ4v) is 2.60. The number of carbonyl (C=O) groups is 1. The molecule has 0 fully saturated rings. The number of anilines is 1. The smallest absolute Gasteiger partial charge is 0.407 e. The van der Waals surface area contributed by atoms with E-state index in [1.54, 1.807) is 26.4 Å². The molecule has 1 heterocycles. The maximum absolute atomic E-state index is 11.9. The summed E-state index contributed by atoms with van der Waals surface area (Å²) in [5, 5.41) is 5.87. The zero-order valence-corrected chi connectivity index (χ0v) is 18.4. The van der Waals surface area contributed by atoms with Gasteiger partial charge in [0.1, 0.15) is 5.60 Å². The first kappa shape index (κ1) is 22.9. The zero-order valence-electron chi connectivity index (χ0n) is 18.4. The molecule has 30 heavy (non-hydrogen) atoms. The second kappa shape index (κ2) is 9.87. The molecule has 1 aromatic heterocycles. The molecule has 0 bridgehead atoms. The number of nitrogens with zero attached hydrogens (tertiary/aromatic N) is 3. The Labute approximate surface area is 177 Å². The number of allylic oxidation sites excluding steroid dienone is 2. The Morgan fingerprint density at radius 3 is 2.63 bits per heavy atom. The number of benzene rings is 1. The molecule has 0 spiro atoms. The van der Waals surface area contributed by atoms with E-state index in [4.69, 9.17) is 10.5 Å². The minimum absolute atomic E-state index is 0.387. The van der Waals surface area contributed by atoms with Gasteiger partial charge in [0.25, 0.3) is 0 Å². The highest BCUT2D eigenvalue weighted by Gasteiger charge is 2.16. The van der Waals surface area contributed by atoms with Crippen molar-refractivity contribution < 1.29 is 9.53 Å². The van der Waals surface area contributed by atoms with E-state index in [1.807, 2.05) is 52.0 Å². The van der Waals surface area contributed by atoms with E-state index >= 15 is 0 Å². The lowest BCUT2D eigenvalue weighted by Crippen LogP contribution is -2.32. The predicted molar refractivity (Wildman–Crippen MR) is 120 cm³/mol. The number of rotatable bonds is 6. The molecule has 0 saturated carbocycles. The van der Waals surface area contributed by atoms with Gasteiger partial charge in [-0.3, -0.25) is 4.99 Å². The van der Waals surface area contributed by atoms with Crippen molar-refractivity contribution in [3.63, 3.8) is 0 Å². The summed E-state index contributed by atoms with van der Waals surface area (Å²) in [6.07, 6.45) is 2.87. The van der Waals surface area contributed by atoms with Gasteiger partial charge in [0.05, 0.1) is 11.4 Å². The quantitative estimate of drug-likeness (QED) is 0.625. The molecule has 0 radical (unpaired) electrons. The zero-order chi connectivity index (χ0) is 22.3. The topological polar surface area (TPSA) is 115 Å². The number of ether oxygens (including phenoxy) is 1. The average Bonchev–Trinajstić information content (AvgIpc) is 2.65. The molecular formula is C22H30N6O2. The molecule has 1 amide bonds. The number of aryl methyl sites for hydroxylation is 1. The Morgan fingerprint density at radius 1 is 1.30 bits per heavy atom. The number of hydrogen-bond donors (Lipinski definition) is 3. The van der Waals surface area contributed by atoms with Crippen LogP contribution in [0.3, 0.4) is 0 Å². The van der Waals surface area contributed by atoms with Crippen LogP contribution in [0.25, 0.3) is 11.3 Å². The SMILES string of the molecule is CN=C/C(Nc1nccc(-c2ccc(CNC(=O)OC(C)(C)C)c(C)c2)n1)=C(/C)N. The van der Waals surface area contributed by atoms with Crippen LogP contribution in [0.15, 0.2) is 46.8 Å². The highest BCUT2D eigenvalue weighted by molar-refractivity contribution is 5.83. The summed E-state index contributed by atoms with van der Waals surface area (Å²) in [5.41, 5.74) is 10.3. The summed E-state index contributed by atoms with van der Waals surface area (Å²) in [4.78, 5) is 24.7. The lowest BCUT2D eigenvalue weighted by molar-refractivity contribution is 0.0523. The Hall–Kier alpha value is -3.42. The average molecular weight is 411 g/mol. The fraction of sp³-hybridized carbons (Fsp3) is 0.364. The number of amides is 1. The lowest BCUT2D eigenvalue weighted by atomic mass is 10.0. The number of nitrogens with one attached hydrogen (secondary N) is 2. The highest BCUT2D eigenvalue weighted by atomic mass is 16.6. The molecule has 0 unspecified atom stereocenters. The Bertz CT molecular complexity index is 956. The van der Waals surface area contributed by atoms with E-state index in [0.717, 1.165) is 22.4 Å². The summed E-state index contributed by atoms with van der Waals surface area (Å²) in [5.74, 6) is 0.431. The van der Waals surface area contributed by atoms with Gasteiger partial charge in [-0.25, -0.2) is 14.8 Å². The fourth-order valence-electron chi connectivity index (χ4n) is 2.60. The first-order valence-electron chi connectivity index (χ1n) is 9.64. The van der Waals surface area contributed by atoms with Crippen molar-refractivity contribution >= 4 is 18.3 Å². The standard InChI is InChI=1S/C22H30N6O2/c1-14-11-16(7-8-17(14)12-26-21(29)30-22(3,4)5)18-9-10-25-20(27-18)28-19(13-24-6)15(2)23/h7-11,13H,12,23H2,1-6H3,(H,26,29)(H,25,27,28)/b19-15+,24-13?. The van der Waals surface area contributed by atoms with Gasteiger partial charge in [0.15, 0.2) is 0 Å². The van der Waals surface area contributed by atoms with Crippen molar-refractivity contribution in [1.29, 1.82) is 0 Å². The Kier molecular flexibility index (Phi) is 7.52. The van der Waals surface area contributed by atoms with Crippen molar-refractivity contribution in [2.75, 3.05) is 12.4 Å². The number of aliphatic imine (C=N–C) groups is 1. The lowest BCUT2D eigenvalue weighted by Gasteiger charge is -2.20. The molecule has 8 heteroatoms. The van der Waals surface area contributed by atoms with E-state index < -0.39 is 11.7 Å². The van der Waals surface area contributed by atoms with Gasteiger partial charge in [-0.2, -0.15) is 0 Å². The Balaban J connectivity index is 2.15. The third kappa shape index (κ3) is 6.88. The van der Waals surface area contributed by atoms with Crippen LogP contribution in [0.1, 0.15) is 38.8 Å². The number of hydrogen-bond acceptors (Lipinski definition) is 7. The minimum atomic E-state index is -0.526. The largest absolute Gasteiger partial charge is 0.444 e. The molecule has 2 rings (SSSR count). The molecule has 4 N–H and O–H groups in total. The summed E-state index contributed by atoms with van der Waals surface area (Å²) in [7, 11) is 1.67.